The predicted molar refractivity (Wildman–Crippen MR) is 75.2 cm³/mol. The van der Waals surface area contributed by atoms with Gasteiger partial charge in [-0.1, -0.05) is 13.3 Å². The Labute approximate surface area is 120 Å². The molecule has 1 heterocycles. The standard InChI is InChI=1S/C14H26N2O4/c1-3-6-12(17)9-15-13(18)11-7-5-8-16(10-11)14(19)20-4-2/h11-12,17H,3-10H2,1-2H3,(H,15,18)/t11-,12+/m0/s1. The number of nitrogens with zero attached hydrogens (tertiary/aromatic N) is 1. The van der Waals surface area contributed by atoms with Crippen molar-refractivity contribution < 1.29 is 19.4 Å². The first-order valence-corrected chi connectivity index (χ1v) is 7.45. The molecule has 1 aliphatic rings. The quantitative estimate of drug-likeness (QED) is 0.767. The molecule has 0 saturated carbocycles. The summed E-state index contributed by atoms with van der Waals surface area (Å²) in [4.78, 5) is 25.3. The number of amides is 2. The summed E-state index contributed by atoms with van der Waals surface area (Å²) in [7, 11) is 0. The van der Waals surface area contributed by atoms with Gasteiger partial charge in [-0.25, -0.2) is 4.79 Å². The van der Waals surface area contributed by atoms with E-state index in [0.717, 1.165) is 19.3 Å². The third kappa shape index (κ3) is 5.36. The van der Waals surface area contributed by atoms with Crippen molar-refractivity contribution in [3.63, 3.8) is 0 Å². The number of rotatable bonds is 6. The first-order valence-electron chi connectivity index (χ1n) is 7.45. The van der Waals surface area contributed by atoms with Crippen LogP contribution in [0.3, 0.4) is 0 Å². The number of piperidine rings is 1. The molecule has 0 aliphatic carbocycles. The second-order valence-electron chi connectivity index (χ2n) is 5.17. The van der Waals surface area contributed by atoms with Crippen LogP contribution in [0.25, 0.3) is 0 Å². The molecule has 0 aromatic carbocycles. The Hall–Kier alpha value is -1.30. The van der Waals surface area contributed by atoms with Crippen LogP contribution in [0.15, 0.2) is 0 Å². The molecule has 6 nitrogen and oxygen atoms in total. The molecule has 0 radical (unpaired) electrons. The molecule has 0 spiro atoms. The summed E-state index contributed by atoms with van der Waals surface area (Å²) in [5.41, 5.74) is 0. The summed E-state index contributed by atoms with van der Waals surface area (Å²) in [6.07, 6.45) is 2.29. The van der Waals surface area contributed by atoms with Gasteiger partial charge in [0, 0.05) is 19.6 Å². The maximum atomic E-state index is 12.0. The number of ether oxygens (including phenoxy) is 1. The molecule has 0 aromatic heterocycles. The van der Waals surface area contributed by atoms with Crippen LogP contribution in [-0.4, -0.2) is 54.4 Å². The van der Waals surface area contributed by atoms with Crippen LogP contribution in [0, 0.1) is 5.92 Å². The molecular weight excluding hydrogens is 260 g/mol. The SMILES string of the molecule is CCC[C@@H](O)CNC(=O)[C@H]1CCCN(C(=O)OCC)C1. The lowest BCUT2D eigenvalue weighted by molar-refractivity contribution is -0.126. The number of aliphatic hydroxyl groups excluding tert-OH is 1. The zero-order valence-corrected chi connectivity index (χ0v) is 12.4. The molecule has 6 heteroatoms. The zero-order valence-electron chi connectivity index (χ0n) is 12.4. The molecule has 1 aliphatic heterocycles. The van der Waals surface area contributed by atoms with Crippen molar-refractivity contribution in [3.8, 4) is 0 Å². The predicted octanol–water partition coefficient (Wildman–Crippen LogP) is 1.13. The lowest BCUT2D eigenvalue weighted by atomic mass is 9.97. The molecule has 0 unspecified atom stereocenters. The fourth-order valence-corrected chi connectivity index (χ4v) is 2.37. The first-order chi connectivity index (χ1) is 9.58. The van der Waals surface area contributed by atoms with E-state index in [1.807, 2.05) is 6.92 Å². The molecule has 0 aromatic rings. The molecule has 1 rings (SSSR count). The molecule has 2 atom stereocenters. The van der Waals surface area contributed by atoms with E-state index in [0.29, 0.717) is 26.1 Å². The van der Waals surface area contributed by atoms with E-state index in [1.165, 1.54) is 0 Å². The minimum Gasteiger partial charge on any atom is -0.450 e. The lowest BCUT2D eigenvalue weighted by Gasteiger charge is -2.31. The van der Waals surface area contributed by atoms with Gasteiger partial charge in [0.1, 0.15) is 0 Å². The molecule has 116 valence electrons. The highest BCUT2D eigenvalue weighted by molar-refractivity contribution is 5.80. The van der Waals surface area contributed by atoms with Crippen LogP contribution in [0.4, 0.5) is 4.79 Å². The van der Waals surface area contributed by atoms with Gasteiger partial charge in [-0.05, 0) is 26.2 Å². The molecule has 2 N–H and O–H groups in total. The molecular formula is C14H26N2O4. The summed E-state index contributed by atoms with van der Waals surface area (Å²) in [6, 6.07) is 0. The Morgan fingerprint density at radius 2 is 2.20 bits per heavy atom. The molecule has 1 fully saturated rings. The van der Waals surface area contributed by atoms with E-state index in [9.17, 15) is 14.7 Å². The van der Waals surface area contributed by atoms with Crippen LogP contribution in [-0.2, 0) is 9.53 Å². The maximum absolute atomic E-state index is 12.0. The summed E-state index contributed by atoms with van der Waals surface area (Å²) in [5, 5.41) is 12.4. The van der Waals surface area contributed by atoms with Gasteiger partial charge >= 0.3 is 6.09 Å². The Bertz CT molecular complexity index is 322. The van der Waals surface area contributed by atoms with Crippen molar-refractivity contribution in [2.75, 3.05) is 26.2 Å². The third-order valence-corrected chi connectivity index (χ3v) is 3.45. The Kier molecular flexibility index (Phi) is 7.36. The number of aliphatic hydroxyl groups is 1. The van der Waals surface area contributed by atoms with Crippen LogP contribution >= 0.6 is 0 Å². The second kappa shape index (κ2) is 8.79. The van der Waals surface area contributed by atoms with Crippen LogP contribution in [0.1, 0.15) is 39.5 Å². The minimum atomic E-state index is -0.492. The molecule has 2 amide bonds. The van der Waals surface area contributed by atoms with Gasteiger partial charge in [-0.2, -0.15) is 0 Å². The Balaban J connectivity index is 2.38. The summed E-state index contributed by atoms with van der Waals surface area (Å²) in [5.74, 6) is -0.295. The molecule has 1 saturated heterocycles. The van der Waals surface area contributed by atoms with Gasteiger partial charge in [0.25, 0.3) is 0 Å². The maximum Gasteiger partial charge on any atom is 0.409 e. The normalized spacial score (nSPS) is 20.4. The monoisotopic (exact) mass is 286 g/mol. The first kappa shape index (κ1) is 16.8. The summed E-state index contributed by atoms with van der Waals surface area (Å²) >= 11 is 0. The van der Waals surface area contributed by atoms with E-state index in [2.05, 4.69) is 5.32 Å². The van der Waals surface area contributed by atoms with Crippen molar-refractivity contribution >= 4 is 12.0 Å². The van der Waals surface area contributed by atoms with Gasteiger partial charge in [0.05, 0.1) is 18.6 Å². The van der Waals surface area contributed by atoms with E-state index in [-0.39, 0.29) is 24.5 Å². The molecule has 20 heavy (non-hydrogen) atoms. The topological polar surface area (TPSA) is 78.9 Å². The van der Waals surface area contributed by atoms with Crippen molar-refractivity contribution in [3.05, 3.63) is 0 Å². The van der Waals surface area contributed by atoms with Crippen LogP contribution < -0.4 is 5.32 Å². The fourth-order valence-electron chi connectivity index (χ4n) is 2.37. The second-order valence-corrected chi connectivity index (χ2v) is 5.17. The van der Waals surface area contributed by atoms with Crippen molar-refractivity contribution in [1.29, 1.82) is 0 Å². The number of carbonyl (C=O) groups is 2. The Morgan fingerprint density at radius 1 is 1.45 bits per heavy atom. The average molecular weight is 286 g/mol. The summed E-state index contributed by atoms with van der Waals surface area (Å²) in [6.45, 7) is 5.41. The fraction of sp³-hybridized carbons (Fsp3) is 0.857. The van der Waals surface area contributed by atoms with Crippen molar-refractivity contribution in [2.24, 2.45) is 5.92 Å². The number of nitrogens with one attached hydrogen (secondary N) is 1. The lowest BCUT2D eigenvalue weighted by Crippen LogP contribution is -2.46. The van der Waals surface area contributed by atoms with Crippen molar-refractivity contribution in [1.82, 2.24) is 10.2 Å². The highest BCUT2D eigenvalue weighted by Gasteiger charge is 2.29. The van der Waals surface area contributed by atoms with Gasteiger partial charge in [-0.15, -0.1) is 0 Å². The number of carbonyl (C=O) groups excluding carboxylic acids is 2. The minimum absolute atomic E-state index is 0.0887. The number of hydrogen-bond donors (Lipinski definition) is 2. The van der Waals surface area contributed by atoms with E-state index >= 15 is 0 Å². The zero-order chi connectivity index (χ0) is 15.0. The highest BCUT2D eigenvalue weighted by Crippen LogP contribution is 2.17. The van der Waals surface area contributed by atoms with Gasteiger partial charge in [0.15, 0.2) is 0 Å². The average Bonchev–Trinajstić information content (AvgIpc) is 2.45. The van der Waals surface area contributed by atoms with Crippen molar-refractivity contribution in [2.45, 2.75) is 45.6 Å². The smallest absolute Gasteiger partial charge is 0.409 e. The molecule has 0 bridgehead atoms. The largest absolute Gasteiger partial charge is 0.450 e. The highest BCUT2D eigenvalue weighted by atomic mass is 16.6. The van der Waals surface area contributed by atoms with E-state index in [1.54, 1.807) is 11.8 Å². The number of hydrogen-bond acceptors (Lipinski definition) is 4. The van der Waals surface area contributed by atoms with Gasteiger partial charge in [0.2, 0.25) is 5.91 Å². The van der Waals surface area contributed by atoms with Gasteiger partial charge < -0.3 is 20.1 Å². The number of likely N-dealkylation sites (tertiary alicyclic amines) is 1. The van der Waals surface area contributed by atoms with E-state index in [4.69, 9.17) is 4.74 Å². The Morgan fingerprint density at radius 3 is 2.85 bits per heavy atom. The van der Waals surface area contributed by atoms with Crippen LogP contribution in [0.5, 0.6) is 0 Å². The van der Waals surface area contributed by atoms with E-state index < -0.39 is 6.10 Å². The van der Waals surface area contributed by atoms with Gasteiger partial charge in [-0.3, -0.25) is 4.79 Å². The third-order valence-electron chi connectivity index (χ3n) is 3.45. The van der Waals surface area contributed by atoms with Crippen LogP contribution in [0.2, 0.25) is 0 Å². The summed E-state index contributed by atoms with van der Waals surface area (Å²) < 4.78 is 4.95.